The van der Waals surface area contributed by atoms with Gasteiger partial charge < -0.3 is 14.8 Å². The van der Waals surface area contributed by atoms with Crippen molar-refractivity contribution in [3.63, 3.8) is 0 Å². The maximum absolute atomic E-state index is 12.3. The van der Waals surface area contributed by atoms with Crippen molar-refractivity contribution in [3.05, 3.63) is 58.8 Å². The molecule has 3 heterocycles. The molecule has 1 aliphatic rings. The number of aromatic nitrogens is 2. The maximum atomic E-state index is 12.3. The van der Waals surface area contributed by atoms with Crippen LogP contribution in [0.15, 0.2) is 47.7 Å². The third-order valence-electron chi connectivity index (χ3n) is 4.18. The standard InChI is InChI=1S/C17H21N5O2/c1-20-8-2-3-15(16(20)23)19-17(24)22-11-9-21(10-12-22)13-14-4-6-18-7-5-14/h2-8H,9-13H2,1H3,(H,19,24). The minimum Gasteiger partial charge on any atom is -0.322 e. The Morgan fingerprint density at radius 3 is 2.58 bits per heavy atom. The van der Waals surface area contributed by atoms with Gasteiger partial charge in [0.05, 0.1) is 0 Å². The van der Waals surface area contributed by atoms with E-state index in [-0.39, 0.29) is 11.6 Å². The second-order valence-corrected chi connectivity index (χ2v) is 5.89. The monoisotopic (exact) mass is 327 g/mol. The van der Waals surface area contributed by atoms with E-state index in [1.165, 1.54) is 10.1 Å². The van der Waals surface area contributed by atoms with Crippen molar-refractivity contribution < 1.29 is 4.79 Å². The highest BCUT2D eigenvalue weighted by molar-refractivity contribution is 5.89. The first-order chi connectivity index (χ1) is 11.6. The minimum atomic E-state index is -0.220. The van der Waals surface area contributed by atoms with E-state index >= 15 is 0 Å². The summed E-state index contributed by atoms with van der Waals surface area (Å²) in [5.74, 6) is 0. The van der Waals surface area contributed by atoms with E-state index in [1.54, 1.807) is 42.7 Å². The summed E-state index contributed by atoms with van der Waals surface area (Å²) in [5, 5.41) is 2.71. The summed E-state index contributed by atoms with van der Waals surface area (Å²) in [6, 6.07) is 7.15. The van der Waals surface area contributed by atoms with Crippen LogP contribution in [0.3, 0.4) is 0 Å². The van der Waals surface area contributed by atoms with Crippen molar-refractivity contribution >= 4 is 11.7 Å². The first-order valence-electron chi connectivity index (χ1n) is 7.96. The van der Waals surface area contributed by atoms with Gasteiger partial charge in [-0.05, 0) is 29.8 Å². The highest BCUT2D eigenvalue weighted by Crippen LogP contribution is 2.09. The van der Waals surface area contributed by atoms with E-state index in [4.69, 9.17) is 0 Å². The van der Waals surface area contributed by atoms with Crippen LogP contribution in [-0.4, -0.2) is 51.6 Å². The number of aryl methyl sites for hydroxylation is 1. The van der Waals surface area contributed by atoms with Gasteiger partial charge in [-0.3, -0.25) is 14.7 Å². The molecule has 2 aromatic rings. The van der Waals surface area contributed by atoms with Gasteiger partial charge >= 0.3 is 6.03 Å². The smallest absolute Gasteiger partial charge is 0.322 e. The topological polar surface area (TPSA) is 70.5 Å². The van der Waals surface area contributed by atoms with Crippen LogP contribution in [0.5, 0.6) is 0 Å². The van der Waals surface area contributed by atoms with Crippen molar-refractivity contribution in [1.82, 2.24) is 19.4 Å². The molecule has 0 radical (unpaired) electrons. The van der Waals surface area contributed by atoms with Crippen LogP contribution >= 0.6 is 0 Å². The third-order valence-corrected chi connectivity index (χ3v) is 4.18. The van der Waals surface area contributed by atoms with E-state index < -0.39 is 0 Å². The number of carbonyl (C=O) groups excluding carboxylic acids is 1. The quantitative estimate of drug-likeness (QED) is 0.917. The predicted octanol–water partition coefficient (Wildman–Crippen LogP) is 1.13. The molecule has 0 aliphatic carbocycles. The van der Waals surface area contributed by atoms with Crippen molar-refractivity contribution in [3.8, 4) is 0 Å². The summed E-state index contributed by atoms with van der Waals surface area (Å²) in [6.45, 7) is 3.76. The molecule has 0 bridgehead atoms. The summed E-state index contributed by atoms with van der Waals surface area (Å²) < 4.78 is 1.45. The predicted molar refractivity (Wildman–Crippen MR) is 91.8 cm³/mol. The van der Waals surface area contributed by atoms with E-state index in [9.17, 15) is 9.59 Å². The summed E-state index contributed by atoms with van der Waals surface area (Å²) in [7, 11) is 1.66. The second-order valence-electron chi connectivity index (χ2n) is 5.89. The summed E-state index contributed by atoms with van der Waals surface area (Å²) in [5.41, 5.74) is 1.32. The van der Waals surface area contributed by atoms with Crippen LogP contribution in [0.1, 0.15) is 5.56 Å². The highest BCUT2D eigenvalue weighted by atomic mass is 16.2. The number of hydrogen-bond acceptors (Lipinski definition) is 4. The zero-order valence-corrected chi connectivity index (χ0v) is 13.7. The summed E-state index contributed by atoms with van der Waals surface area (Å²) >= 11 is 0. The zero-order chi connectivity index (χ0) is 16.9. The number of anilines is 1. The SMILES string of the molecule is Cn1cccc(NC(=O)N2CCN(Cc3ccncc3)CC2)c1=O. The molecule has 7 nitrogen and oxygen atoms in total. The van der Waals surface area contributed by atoms with Crippen LogP contribution in [-0.2, 0) is 13.6 Å². The van der Waals surface area contributed by atoms with Gasteiger partial charge in [0.15, 0.2) is 0 Å². The molecule has 1 N–H and O–H groups in total. The van der Waals surface area contributed by atoms with Gasteiger partial charge in [-0.25, -0.2) is 4.79 Å². The zero-order valence-electron chi connectivity index (χ0n) is 13.7. The second kappa shape index (κ2) is 7.27. The van der Waals surface area contributed by atoms with Gasteiger partial charge in [-0.15, -0.1) is 0 Å². The van der Waals surface area contributed by atoms with E-state index in [1.807, 2.05) is 12.1 Å². The van der Waals surface area contributed by atoms with Crippen LogP contribution in [0.4, 0.5) is 10.5 Å². The Balaban J connectivity index is 1.53. The fraction of sp³-hybridized carbons (Fsp3) is 0.353. The third kappa shape index (κ3) is 3.80. The van der Waals surface area contributed by atoms with E-state index in [0.717, 1.165) is 19.6 Å². The fourth-order valence-electron chi connectivity index (χ4n) is 2.74. The molecule has 1 saturated heterocycles. The Kier molecular flexibility index (Phi) is 4.90. The average molecular weight is 327 g/mol. The highest BCUT2D eigenvalue weighted by Gasteiger charge is 2.21. The van der Waals surface area contributed by atoms with Crippen LogP contribution < -0.4 is 10.9 Å². The number of piperazine rings is 1. The molecular weight excluding hydrogens is 306 g/mol. The molecule has 0 aromatic carbocycles. The van der Waals surface area contributed by atoms with Crippen molar-refractivity contribution in [2.24, 2.45) is 7.05 Å². The van der Waals surface area contributed by atoms with Gasteiger partial charge in [-0.2, -0.15) is 0 Å². The number of hydrogen-bond donors (Lipinski definition) is 1. The Morgan fingerprint density at radius 1 is 1.17 bits per heavy atom. The molecule has 2 amide bonds. The lowest BCUT2D eigenvalue weighted by molar-refractivity contribution is 0.143. The van der Waals surface area contributed by atoms with Gasteiger partial charge in [0.1, 0.15) is 5.69 Å². The normalized spacial score (nSPS) is 15.3. The van der Waals surface area contributed by atoms with Crippen molar-refractivity contribution in [2.45, 2.75) is 6.54 Å². The number of pyridine rings is 2. The molecule has 7 heteroatoms. The van der Waals surface area contributed by atoms with Crippen LogP contribution in [0.25, 0.3) is 0 Å². The van der Waals surface area contributed by atoms with E-state index in [2.05, 4.69) is 15.2 Å². The fourth-order valence-corrected chi connectivity index (χ4v) is 2.74. The number of urea groups is 1. The van der Waals surface area contributed by atoms with Crippen molar-refractivity contribution in [2.75, 3.05) is 31.5 Å². The number of rotatable bonds is 3. The first kappa shape index (κ1) is 16.2. The van der Waals surface area contributed by atoms with Gasteiger partial charge in [0.2, 0.25) is 0 Å². The minimum absolute atomic E-state index is 0.206. The molecule has 0 saturated carbocycles. The largest absolute Gasteiger partial charge is 0.322 e. The Labute approximate surface area is 140 Å². The molecular formula is C17H21N5O2. The molecule has 0 unspecified atom stereocenters. The van der Waals surface area contributed by atoms with Crippen LogP contribution in [0, 0.1) is 0 Å². The molecule has 0 atom stereocenters. The van der Waals surface area contributed by atoms with Gasteiger partial charge in [-0.1, -0.05) is 0 Å². The number of nitrogens with zero attached hydrogens (tertiary/aromatic N) is 4. The number of carbonyl (C=O) groups is 1. The van der Waals surface area contributed by atoms with Gasteiger partial charge in [0, 0.05) is 58.4 Å². The first-order valence-corrected chi connectivity index (χ1v) is 7.96. The molecule has 1 aliphatic heterocycles. The lowest BCUT2D eigenvalue weighted by Gasteiger charge is -2.34. The molecule has 126 valence electrons. The molecule has 3 rings (SSSR count). The summed E-state index contributed by atoms with van der Waals surface area (Å²) in [6.07, 6.45) is 5.24. The Bertz CT molecular complexity index is 751. The molecule has 2 aromatic heterocycles. The van der Waals surface area contributed by atoms with Crippen LogP contribution in [0.2, 0.25) is 0 Å². The molecule has 24 heavy (non-hydrogen) atoms. The van der Waals surface area contributed by atoms with Crippen molar-refractivity contribution in [1.29, 1.82) is 0 Å². The summed E-state index contributed by atoms with van der Waals surface area (Å²) in [4.78, 5) is 32.4. The Hall–Kier alpha value is -2.67. The number of amides is 2. The maximum Gasteiger partial charge on any atom is 0.322 e. The van der Waals surface area contributed by atoms with Gasteiger partial charge in [0.25, 0.3) is 5.56 Å². The molecule has 1 fully saturated rings. The van der Waals surface area contributed by atoms with E-state index in [0.29, 0.717) is 18.8 Å². The average Bonchev–Trinajstić information content (AvgIpc) is 2.60. The Morgan fingerprint density at radius 2 is 1.88 bits per heavy atom. The number of nitrogens with one attached hydrogen (secondary N) is 1. The molecule has 0 spiro atoms. The lowest BCUT2D eigenvalue weighted by atomic mass is 10.2. The lowest BCUT2D eigenvalue weighted by Crippen LogP contribution is -2.50.